The van der Waals surface area contributed by atoms with Crippen LogP contribution in [0.15, 0.2) is 10.9 Å². The first kappa shape index (κ1) is 10.7. The van der Waals surface area contributed by atoms with E-state index < -0.39 is 0 Å². The molecular weight excluding hydrogens is 226 g/mol. The van der Waals surface area contributed by atoms with Crippen molar-refractivity contribution in [3.8, 4) is 0 Å². The monoisotopic (exact) mass is 239 g/mol. The second-order valence-corrected chi connectivity index (χ2v) is 5.33. The van der Waals surface area contributed by atoms with Crippen molar-refractivity contribution in [2.45, 2.75) is 26.9 Å². The summed E-state index contributed by atoms with van der Waals surface area (Å²) < 4.78 is 0. The summed E-state index contributed by atoms with van der Waals surface area (Å²) in [6.45, 7) is 5.82. The van der Waals surface area contributed by atoms with E-state index in [0.717, 1.165) is 29.5 Å². The normalized spacial score (nSPS) is 10.8. The third-order valence-corrected chi connectivity index (χ3v) is 3.78. The summed E-state index contributed by atoms with van der Waals surface area (Å²) in [4.78, 5) is 9.93. The Hall–Kier alpha value is -0.780. The molecule has 0 aliphatic carbocycles. The highest BCUT2D eigenvalue weighted by atomic mass is 32.1. The summed E-state index contributed by atoms with van der Waals surface area (Å²) in [6, 6.07) is 0. The largest absolute Gasteiger partial charge is 0.306 e. The lowest BCUT2D eigenvalue weighted by Crippen LogP contribution is -2.12. The van der Waals surface area contributed by atoms with Gasteiger partial charge < -0.3 is 5.32 Å². The van der Waals surface area contributed by atoms with Crippen molar-refractivity contribution in [1.82, 2.24) is 15.3 Å². The predicted octanol–water partition coefficient (Wildman–Crippen LogP) is 2.51. The van der Waals surface area contributed by atoms with E-state index in [1.807, 2.05) is 12.4 Å². The van der Waals surface area contributed by atoms with Crippen LogP contribution in [0, 0.1) is 13.8 Å². The van der Waals surface area contributed by atoms with Crippen LogP contribution in [0.4, 0.5) is 0 Å². The predicted molar refractivity (Wildman–Crippen MR) is 64.2 cm³/mol. The molecule has 2 aromatic rings. The number of thiazole rings is 2. The Morgan fingerprint density at radius 3 is 2.80 bits per heavy atom. The Morgan fingerprint density at radius 2 is 2.20 bits per heavy atom. The first-order valence-corrected chi connectivity index (χ1v) is 6.52. The summed E-state index contributed by atoms with van der Waals surface area (Å²) >= 11 is 3.39. The number of hydrogen-bond donors (Lipinski definition) is 1. The Labute approximate surface area is 97.2 Å². The molecule has 0 unspecified atom stereocenters. The fraction of sp³-hybridized carbons (Fsp3) is 0.400. The van der Waals surface area contributed by atoms with Gasteiger partial charge in [0.1, 0.15) is 0 Å². The number of aromatic nitrogens is 2. The number of nitrogens with zero attached hydrogens (tertiary/aromatic N) is 2. The Bertz CT molecular complexity index is 420. The number of hydrogen-bond acceptors (Lipinski definition) is 5. The molecule has 2 aromatic heterocycles. The van der Waals surface area contributed by atoms with Crippen LogP contribution < -0.4 is 5.32 Å². The molecule has 2 rings (SSSR count). The van der Waals surface area contributed by atoms with Gasteiger partial charge in [0.2, 0.25) is 0 Å². The van der Waals surface area contributed by atoms with Crippen LogP contribution in [-0.2, 0) is 13.1 Å². The zero-order valence-electron chi connectivity index (χ0n) is 8.78. The van der Waals surface area contributed by atoms with Gasteiger partial charge in [-0.3, -0.25) is 0 Å². The van der Waals surface area contributed by atoms with E-state index in [2.05, 4.69) is 27.6 Å². The molecule has 0 fully saturated rings. The molecule has 0 saturated heterocycles. The molecule has 2 heterocycles. The average molecular weight is 239 g/mol. The van der Waals surface area contributed by atoms with E-state index in [4.69, 9.17) is 0 Å². The Kier molecular flexibility index (Phi) is 3.45. The van der Waals surface area contributed by atoms with Crippen molar-refractivity contribution < 1.29 is 0 Å². The van der Waals surface area contributed by atoms with Gasteiger partial charge in [-0.05, 0) is 13.8 Å². The molecule has 0 aliphatic rings. The maximum Gasteiger partial charge on any atom is 0.0900 e. The molecule has 15 heavy (non-hydrogen) atoms. The molecule has 0 radical (unpaired) electrons. The Balaban J connectivity index is 1.86. The quantitative estimate of drug-likeness (QED) is 0.891. The molecule has 0 aromatic carbocycles. The summed E-state index contributed by atoms with van der Waals surface area (Å²) in [5.74, 6) is 0. The SMILES string of the molecule is Cc1nc(C)c(CNCc2cscn2)s1. The van der Waals surface area contributed by atoms with E-state index in [9.17, 15) is 0 Å². The summed E-state index contributed by atoms with van der Waals surface area (Å²) in [7, 11) is 0. The fourth-order valence-electron chi connectivity index (χ4n) is 1.37. The molecule has 0 amide bonds. The minimum Gasteiger partial charge on any atom is -0.306 e. The van der Waals surface area contributed by atoms with Crippen molar-refractivity contribution in [2.75, 3.05) is 0 Å². The van der Waals surface area contributed by atoms with Gasteiger partial charge >= 0.3 is 0 Å². The lowest BCUT2D eigenvalue weighted by atomic mass is 10.4. The van der Waals surface area contributed by atoms with Crippen LogP contribution in [-0.4, -0.2) is 9.97 Å². The molecule has 3 nitrogen and oxygen atoms in total. The highest BCUT2D eigenvalue weighted by Gasteiger charge is 2.03. The Morgan fingerprint density at radius 1 is 1.33 bits per heavy atom. The number of nitrogens with one attached hydrogen (secondary N) is 1. The highest BCUT2D eigenvalue weighted by molar-refractivity contribution is 7.11. The van der Waals surface area contributed by atoms with Gasteiger partial charge in [0.15, 0.2) is 0 Å². The van der Waals surface area contributed by atoms with Gasteiger partial charge in [-0.1, -0.05) is 0 Å². The van der Waals surface area contributed by atoms with Crippen molar-refractivity contribution in [3.63, 3.8) is 0 Å². The van der Waals surface area contributed by atoms with Crippen LogP contribution in [0.3, 0.4) is 0 Å². The summed E-state index contributed by atoms with van der Waals surface area (Å²) in [5, 5.41) is 6.58. The van der Waals surface area contributed by atoms with Gasteiger partial charge in [-0.2, -0.15) is 0 Å². The molecule has 80 valence electrons. The molecule has 5 heteroatoms. The van der Waals surface area contributed by atoms with Gasteiger partial charge in [0, 0.05) is 23.3 Å². The zero-order valence-corrected chi connectivity index (χ0v) is 10.4. The lowest BCUT2D eigenvalue weighted by Gasteiger charge is -2.00. The van der Waals surface area contributed by atoms with Crippen molar-refractivity contribution in [1.29, 1.82) is 0 Å². The van der Waals surface area contributed by atoms with Crippen LogP contribution in [0.2, 0.25) is 0 Å². The highest BCUT2D eigenvalue weighted by Crippen LogP contribution is 2.16. The third-order valence-electron chi connectivity index (χ3n) is 2.07. The van der Waals surface area contributed by atoms with Crippen molar-refractivity contribution in [3.05, 3.63) is 32.2 Å². The summed E-state index contributed by atoms with van der Waals surface area (Å²) in [6.07, 6.45) is 0. The molecule has 0 spiro atoms. The molecule has 0 atom stereocenters. The van der Waals surface area contributed by atoms with Crippen LogP contribution in [0.1, 0.15) is 21.3 Å². The first-order valence-electron chi connectivity index (χ1n) is 4.76. The third kappa shape index (κ3) is 2.84. The molecule has 0 saturated carbocycles. The van der Waals surface area contributed by atoms with Crippen molar-refractivity contribution >= 4 is 22.7 Å². The number of aryl methyl sites for hydroxylation is 2. The molecular formula is C10H13N3S2. The molecule has 0 bridgehead atoms. The van der Waals surface area contributed by atoms with Gasteiger partial charge in [0.05, 0.1) is 21.9 Å². The topological polar surface area (TPSA) is 37.8 Å². The smallest absolute Gasteiger partial charge is 0.0900 e. The lowest BCUT2D eigenvalue weighted by molar-refractivity contribution is 0.686. The van der Waals surface area contributed by atoms with Crippen LogP contribution in [0.5, 0.6) is 0 Å². The molecule has 1 N–H and O–H groups in total. The average Bonchev–Trinajstić information content (AvgIpc) is 2.77. The minimum atomic E-state index is 0.833. The second-order valence-electron chi connectivity index (χ2n) is 3.32. The van der Waals surface area contributed by atoms with Crippen LogP contribution in [0.25, 0.3) is 0 Å². The van der Waals surface area contributed by atoms with E-state index in [1.165, 1.54) is 4.88 Å². The van der Waals surface area contributed by atoms with Crippen molar-refractivity contribution in [2.24, 2.45) is 0 Å². The fourth-order valence-corrected chi connectivity index (χ4v) is 2.83. The van der Waals surface area contributed by atoms with E-state index in [-0.39, 0.29) is 0 Å². The first-order chi connectivity index (χ1) is 7.25. The molecule has 0 aliphatic heterocycles. The number of rotatable bonds is 4. The zero-order chi connectivity index (χ0) is 10.7. The van der Waals surface area contributed by atoms with Gasteiger partial charge in [0.25, 0.3) is 0 Å². The van der Waals surface area contributed by atoms with Crippen LogP contribution >= 0.6 is 22.7 Å². The van der Waals surface area contributed by atoms with E-state index in [1.54, 1.807) is 22.7 Å². The van der Waals surface area contributed by atoms with E-state index in [0.29, 0.717) is 0 Å². The summed E-state index contributed by atoms with van der Waals surface area (Å²) in [5.41, 5.74) is 4.11. The second kappa shape index (κ2) is 4.83. The van der Waals surface area contributed by atoms with Gasteiger partial charge in [-0.25, -0.2) is 9.97 Å². The standard InChI is InChI=1S/C10H13N3S2/c1-7-10(15-8(2)13-7)4-11-3-9-5-14-6-12-9/h5-6,11H,3-4H2,1-2H3. The van der Waals surface area contributed by atoms with E-state index >= 15 is 0 Å². The van der Waals surface area contributed by atoms with Gasteiger partial charge in [-0.15, -0.1) is 22.7 Å². The minimum absolute atomic E-state index is 0.833. The maximum absolute atomic E-state index is 4.39. The maximum atomic E-state index is 4.39.